The van der Waals surface area contributed by atoms with Crippen molar-refractivity contribution in [3.63, 3.8) is 0 Å². The lowest BCUT2D eigenvalue weighted by Crippen LogP contribution is -2.52. The maximum atomic E-state index is 13.6. The fourth-order valence-electron chi connectivity index (χ4n) is 1.22. The first-order valence-electron chi connectivity index (χ1n) is 5.12. The van der Waals surface area contributed by atoms with Crippen molar-refractivity contribution < 1.29 is 9.18 Å². The number of halogens is 1. The standard InChI is InChI=1S/C12H15FN2OS/c1-7-4-5-8(9(13)6-7)10(16)15-12(2,3)11(14)17/h4-6H,1-3H3,(H2,14,17)(H,15,16). The number of amides is 1. The van der Waals surface area contributed by atoms with Crippen molar-refractivity contribution in [2.75, 3.05) is 0 Å². The first-order valence-corrected chi connectivity index (χ1v) is 5.53. The fraction of sp³-hybridized carbons (Fsp3) is 0.333. The van der Waals surface area contributed by atoms with Crippen LogP contribution in [0.4, 0.5) is 4.39 Å². The van der Waals surface area contributed by atoms with E-state index in [-0.39, 0.29) is 10.6 Å². The molecule has 0 aromatic heterocycles. The average Bonchev–Trinajstić information content (AvgIpc) is 2.15. The molecule has 1 rings (SSSR count). The van der Waals surface area contributed by atoms with Crippen molar-refractivity contribution >= 4 is 23.1 Å². The Morgan fingerprint density at radius 2 is 2.06 bits per heavy atom. The van der Waals surface area contributed by atoms with Gasteiger partial charge in [-0.2, -0.15) is 0 Å². The van der Waals surface area contributed by atoms with Gasteiger partial charge in [0, 0.05) is 0 Å². The van der Waals surface area contributed by atoms with Crippen LogP contribution in [0.3, 0.4) is 0 Å². The largest absolute Gasteiger partial charge is 0.391 e. The highest BCUT2D eigenvalue weighted by Crippen LogP contribution is 2.12. The van der Waals surface area contributed by atoms with E-state index < -0.39 is 17.3 Å². The van der Waals surface area contributed by atoms with E-state index in [1.165, 1.54) is 12.1 Å². The summed E-state index contributed by atoms with van der Waals surface area (Å²) in [5.41, 5.74) is 5.38. The third-order valence-corrected chi connectivity index (χ3v) is 2.92. The highest BCUT2D eigenvalue weighted by atomic mass is 32.1. The lowest BCUT2D eigenvalue weighted by molar-refractivity contribution is 0.0928. The van der Waals surface area contributed by atoms with Crippen molar-refractivity contribution in [2.24, 2.45) is 5.73 Å². The van der Waals surface area contributed by atoms with Crippen molar-refractivity contribution in [1.29, 1.82) is 0 Å². The molecule has 0 atom stereocenters. The first-order chi connectivity index (χ1) is 7.74. The van der Waals surface area contributed by atoms with Gasteiger partial charge >= 0.3 is 0 Å². The second-order valence-electron chi connectivity index (χ2n) is 4.43. The molecule has 3 N–H and O–H groups in total. The quantitative estimate of drug-likeness (QED) is 0.810. The normalized spacial score (nSPS) is 11.1. The topological polar surface area (TPSA) is 55.1 Å². The Kier molecular flexibility index (Phi) is 3.83. The number of rotatable bonds is 3. The molecule has 0 aliphatic carbocycles. The van der Waals surface area contributed by atoms with Crippen LogP contribution in [0.1, 0.15) is 29.8 Å². The number of thiocarbonyl (C=S) groups is 1. The molecule has 5 heteroatoms. The lowest BCUT2D eigenvalue weighted by Gasteiger charge is -2.24. The summed E-state index contributed by atoms with van der Waals surface area (Å²) in [6, 6.07) is 4.42. The predicted octanol–water partition coefficient (Wildman–Crippen LogP) is 1.93. The zero-order valence-corrected chi connectivity index (χ0v) is 10.8. The molecule has 3 nitrogen and oxygen atoms in total. The zero-order chi connectivity index (χ0) is 13.2. The number of carbonyl (C=O) groups is 1. The molecule has 1 aromatic rings. The second kappa shape index (κ2) is 4.79. The van der Waals surface area contributed by atoms with Crippen LogP contribution in [-0.2, 0) is 0 Å². The van der Waals surface area contributed by atoms with Gasteiger partial charge in [0.2, 0.25) is 0 Å². The van der Waals surface area contributed by atoms with Gasteiger partial charge in [0.25, 0.3) is 5.91 Å². The Bertz CT molecular complexity index is 472. The fourth-order valence-corrected chi connectivity index (χ4v) is 1.27. The number of hydrogen-bond donors (Lipinski definition) is 2. The van der Waals surface area contributed by atoms with Gasteiger partial charge in [-0.05, 0) is 38.5 Å². The van der Waals surface area contributed by atoms with Gasteiger partial charge in [0.05, 0.1) is 16.1 Å². The smallest absolute Gasteiger partial charge is 0.255 e. The number of hydrogen-bond acceptors (Lipinski definition) is 2. The highest BCUT2D eigenvalue weighted by Gasteiger charge is 2.25. The molecule has 0 saturated carbocycles. The van der Waals surface area contributed by atoms with Crippen LogP contribution in [0.15, 0.2) is 18.2 Å². The van der Waals surface area contributed by atoms with E-state index in [9.17, 15) is 9.18 Å². The molecule has 0 radical (unpaired) electrons. The zero-order valence-electron chi connectivity index (χ0n) is 10.0. The van der Waals surface area contributed by atoms with E-state index in [1.807, 2.05) is 0 Å². The summed E-state index contributed by atoms with van der Waals surface area (Å²) in [5.74, 6) is -1.08. The molecular formula is C12H15FN2OS. The molecule has 0 aliphatic heterocycles. The van der Waals surface area contributed by atoms with E-state index in [1.54, 1.807) is 26.8 Å². The summed E-state index contributed by atoms with van der Waals surface area (Å²) in [5, 5.41) is 2.59. The van der Waals surface area contributed by atoms with Crippen LogP contribution in [0.25, 0.3) is 0 Å². The van der Waals surface area contributed by atoms with Gasteiger partial charge in [-0.15, -0.1) is 0 Å². The maximum Gasteiger partial charge on any atom is 0.255 e. The Balaban J connectivity index is 2.95. The number of benzene rings is 1. The minimum absolute atomic E-state index is 0.0140. The first kappa shape index (κ1) is 13.6. The summed E-state index contributed by atoms with van der Waals surface area (Å²) >= 11 is 4.82. The molecule has 0 heterocycles. The molecule has 0 spiro atoms. The van der Waals surface area contributed by atoms with Crippen LogP contribution in [0, 0.1) is 12.7 Å². The monoisotopic (exact) mass is 254 g/mol. The van der Waals surface area contributed by atoms with Crippen LogP contribution in [0.5, 0.6) is 0 Å². The van der Waals surface area contributed by atoms with Crippen molar-refractivity contribution in [3.8, 4) is 0 Å². The lowest BCUT2D eigenvalue weighted by atomic mass is 10.0. The van der Waals surface area contributed by atoms with Gasteiger partial charge in [-0.25, -0.2) is 4.39 Å². The van der Waals surface area contributed by atoms with Crippen LogP contribution in [-0.4, -0.2) is 16.4 Å². The van der Waals surface area contributed by atoms with E-state index in [0.717, 1.165) is 5.56 Å². The van der Waals surface area contributed by atoms with Crippen molar-refractivity contribution in [3.05, 3.63) is 35.1 Å². The minimum atomic E-state index is -0.844. The van der Waals surface area contributed by atoms with E-state index in [4.69, 9.17) is 18.0 Å². The molecular weight excluding hydrogens is 239 g/mol. The Morgan fingerprint density at radius 3 is 2.53 bits per heavy atom. The molecule has 92 valence electrons. The van der Waals surface area contributed by atoms with E-state index in [2.05, 4.69) is 5.32 Å². The van der Waals surface area contributed by atoms with Gasteiger partial charge < -0.3 is 11.1 Å². The summed E-state index contributed by atoms with van der Waals surface area (Å²) in [4.78, 5) is 12.0. The molecule has 17 heavy (non-hydrogen) atoms. The Hall–Kier alpha value is -1.49. The number of nitrogens with one attached hydrogen (secondary N) is 1. The molecule has 1 amide bonds. The summed E-state index contributed by atoms with van der Waals surface area (Å²) in [6.45, 7) is 5.09. The third kappa shape index (κ3) is 3.23. The Morgan fingerprint density at radius 1 is 1.47 bits per heavy atom. The van der Waals surface area contributed by atoms with Crippen LogP contribution < -0.4 is 11.1 Å². The molecule has 0 unspecified atom stereocenters. The molecule has 1 aromatic carbocycles. The van der Waals surface area contributed by atoms with Gasteiger partial charge in [0.1, 0.15) is 5.82 Å². The average molecular weight is 254 g/mol. The molecule has 0 bridgehead atoms. The van der Waals surface area contributed by atoms with Crippen molar-refractivity contribution in [2.45, 2.75) is 26.3 Å². The minimum Gasteiger partial charge on any atom is -0.391 e. The predicted molar refractivity (Wildman–Crippen MR) is 69.5 cm³/mol. The summed E-state index contributed by atoms with van der Waals surface area (Å²) in [6.07, 6.45) is 0. The van der Waals surface area contributed by atoms with Gasteiger partial charge in [0.15, 0.2) is 0 Å². The third-order valence-electron chi connectivity index (χ3n) is 2.41. The maximum absolute atomic E-state index is 13.6. The van der Waals surface area contributed by atoms with Gasteiger partial charge in [-0.1, -0.05) is 18.3 Å². The molecule has 0 fully saturated rings. The molecule has 0 saturated heterocycles. The van der Waals surface area contributed by atoms with Crippen LogP contribution in [0.2, 0.25) is 0 Å². The summed E-state index contributed by atoms with van der Waals surface area (Å²) < 4.78 is 13.6. The Labute approximate surface area is 105 Å². The highest BCUT2D eigenvalue weighted by molar-refractivity contribution is 7.80. The van der Waals surface area contributed by atoms with Crippen LogP contribution >= 0.6 is 12.2 Å². The van der Waals surface area contributed by atoms with Crippen molar-refractivity contribution in [1.82, 2.24) is 5.32 Å². The second-order valence-corrected chi connectivity index (χ2v) is 4.87. The SMILES string of the molecule is Cc1ccc(C(=O)NC(C)(C)C(N)=S)c(F)c1. The number of aryl methyl sites for hydroxylation is 1. The summed E-state index contributed by atoms with van der Waals surface area (Å²) in [7, 11) is 0. The van der Waals surface area contributed by atoms with E-state index >= 15 is 0 Å². The number of carbonyl (C=O) groups excluding carboxylic acids is 1. The molecule has 0 aliphatic rings. The van der Waals surface area contributed by atoms with Gasteiger partial charge in [-0.3, -0.25) is 4.79 Å². The number of nitrogens with two attached hydrogens (primary N) is 1. The van der Waals surface area contributed by atoms with E-state index in [0.29, 0.717) is 0 Å².